The summed E-state index contributed by atoms with van der Waals surface area (Å²) in [6, 6.07) is 28.1. The summed E-state index contributed by atoms with van der Waals surface area (Å²) in [7, 11) is 0. The molecule has 0 spiro atoms. The van der Waals surface area contributed by atoms with Gasteiger partial charge in [0.25, 0.3) is 0 Å². The maximum Gasteiger partial charge on any atom is 0.235 e. The van der Waals surface area contributed by atoms with Gasteiger partial charge in [0.2, 0.25) is 5.91 Å². The smallest absolute Gasteiger partial charge is 0.235 e. The fourth-order valence-electron chi connectivity index (χ4n) is 5.31. The number of nitrogens with one attached hydrogen (secondary N) is 1. The van der Waals surface area contributed by atoms with Crippen molar-refractivity contribution in [3.8, 4) is 11.1 Å². The van der Waals surface area contributed by atoms with Crippen LogP contribution >= 0.6 is 0 Å². The van der Waals surface area contributed by atoms with Gasteiger partial charge in [0.1, 0.15) is 5.41 Å². The predicted octanol–water partition coefficient (Wildman–Crippen LogP) is 6.17. The van der Waals surface area contributed by atoms with Crippen molar-refractivity contribution in [2.75, 3.05) is 13.1 Å². The number of fused-ring (bicyclic) bond motifs is 3. The quantitative estimate of drug-likeness (QED) is 0.382. The number of carbonyl (C=O) groups is 1. The highest BCUT2D eigenvalue weighted by molar-refractivity contribution is 6.00. The Labute approximate surface area is 198 Å². The van der Waals surface area contributed by atoms with Crippen molar-refractivity contribution in [3.63, 3.8) is 0 Å². The van der Waals surface area contributed by atoms with E-state index in [1.807, 2.05) is 6.92 Å². The summed E-state index contributed by atoms with van der Waals surface area (Å²) in [6.45, 7) is 9.17. The molecule has 172 valence electrons. The Morgan fingerprint density at radius 2 is 1.42 bits per heavy atom. The van der Waals surface area contributed by atoms with Crippen molar-refractivity contribution in [1.29, 1.82) is 0 Å². The van der Waals surface area contributed by atoms with Crippen molar-refractivity contribution in [2.45, 2.75) is 58.0 Å². The fraction of sp³-hybridized carbons (Fsp3) is 0.367. The Bertz CT molecular complexity index is 1030. The number of unbranched alkanes of at least 4 members (excludes halogenated alkanes) is 1. The molecule has 33 heavy (non-hydrogen) atoms. The first-order chi connectivity index (χ1) is 16.1. The van der Waals surface area contributed by atoms with Crippen LogP contribution in [0, 0.1) is 0 Å². The molecule has 0 saturated carbocycles. The van der Waals surface area contributed by atoms with Gasteiger partial charge in [0, 0.05) is 19.1 Å². The first-order valence-corrected chi connectivity index (χ1v) is 12.3. The Morgan fingerprint density at radius 3 is 2.00 bits per heavy atom. The summed E-state index contributed by atoms with van der Waals surface area (Å²) in [5, 5.41) is 3.16. The molecule has 3 aromatic carbocycles. The topological polar surface area (TPSA) is 32.3 Å². The molecule has 0 heterocycles. The molecule has 0 radical (unpaired) electrons. The fourth-order valence-corrected chi connectivity index (χ4v) is 5.31. The number of amides is 1. The van der Waals surface area contributed by atoms with Gasteiger partial charge >= 0.3 is 0 Å². The van der Waals surface area contributed by atoms with E-state index in [-0.39, 0.29) is 5.91 Å². The highest BCUT2D eigenvalue weighted by atomic mass is 16.2. The van der Waals surface area contributed by atoms with Gasteiger partial charge < -0.3 is 5.32 Å². The summed E-state index contributed by atoms with van der Waals surface area (Å²) in [4.78, 5) is 16.2. The number of likely N-dealkylation sites (N-methyl/N-ethyl adjacent to an activating group) is 1. The molecule has 0 atom stereocenters. The average Bonchev–Trinajstić information content (AvgIpc) is 3.13. The molecule has 3 nitrogen and oxygen atoms in total. The van der Waals surface area contributed by atoms with E-state index >= 15 is 0 Å². The molecule has 1 amide bonds. The minimum Gasteiger partial charge on any atom is -0.355 e. The van der Waals surface area contributed by atoms with Crippen molar-refractivity contribution < 1.29 is 4.79 Å². The van der Waals surface area contributed by atoms with Gasteiger partial charge in [-0.15, -0.1) is 0 Å². The standard InChI is InChI=1S/C30H36N2O/c1-4-31-29(33)30(27-18-10-8-16-25(27)26-17-9-11-19-28(26)30)20-12-13-21-32(23(2)3)22-24-14-6-5-7-15-24/h5-11,14-19,23H,4,12-13,20-22H2,1-3H3,(H,31,33). The molecule has 0 aliphatic heterocycles. The Balaban J connectivity index is 1.54. The van der Waals surface area contributed by atoms with E-state index in [4.69, 9.17) is 0 Å². The molecular weight excluding hydrogens is 404 g/mol. The second kappa shape index (κ2) is 10.4. The molecule has 3 heteroatoms. The molecule has 4 rings (SSSR count). The molecule has 3 aromatic rings. The molecule has 1 N–H and O–H groups in total. The molecule has 0 aromatic heterocycles. The third-order valence-corrected chi connectivity index (χ3v) is 6.99. The lowest BCUT2D eigenvalue weighted by Crippen LogP contribution is -2.44. The first kappa shape index (κ1) is 23.3. The van der Waals surface area contributed by atoms with E-state index in [1.165, 1.54) is 16.7 Å². The van der Waals surface area contributed by atoms with Crippen LogP contribution in [0.3, 0.4) is 0 Å². The molecular formula is C30H36N2O. The van der Waals surface area contributed by atoms with Crippen LogP contribution in [0.25, 0.3) is 11.1 Å². The van der Waals surface area contributed by atoms with E-state index in [1.54, 1.807) is 0 Å². The van der Waals surface area contributed by atoms with Crippen molar-refractivity contribution in [2.24, 2.45) is 0 Å². The van der Waals surface area contributed by atoms with Gasteiger partial charge in [0.15, 0.2) is 0 Å². The number of nitrogens with zero attached hydrogens (tertiary/aromatic N) is 1. The summed E-state index contributed by atoms with van der Waals surface area (Å²) >= 11 is 0. The molecule has 0 fully saturated rings. The van der Waals surface area contributed by atoms with E-state index < -0.39 is 5.41 Å². The van der Waals surface area contributed by atoms with Crippen molar-refractivity contribution in [3.05, 3.63) is 95.6 Å². The van der Waals surface area contributed by atoms with Crippen molar-refractivity contribution >= 4 is 5.91 Å². The van der Waals surface area contributed by atoms with Crippen LogP contribution in [0.5, 0.6) is 0 Å². The third-order valence-electron chi connectivity index (χ3n) is 6.99. The largest absolute Gasteiger partial charge is 0.355 e. The number of rotatable bonds is 10. The van der Waals surface area contributed by atoms with E-state index in [9.17, 15) is 4.79 Å². The maximum atomic E-state index is 13.6. The lowest BCUT2D eigenvalue weighted by atomic mass is 9.73. The van der Waals surface area contributed by atoms with Gasteiger partial charge in [-0.25, -0.2) is 0 Å². The summed E-state index contributed by atoms with van der Waals surface area (Å²) < 4.78 is 0. The zero-order valence-electron chi connectivity index (χ0n) is 20.2. The molecule has 0 bridgehead atoms. The lowest BCUT2D eigenvalue weighted by molar-refractivity contribution is -0.125. The van der Waals surface area contributed by atoms with Gasteiger partial charge in [0.05, 0.1) is 0 Å². The van der Waals surface area contributed by atoms with E-state index in [0.29, 0.717) is 12.6 Å². The minimum absolute atomic E-state index is 0.132. The minimum atomic E-state index is -0.606. The summed E-state index contributed by atoms with van der Waals surface area (Å²) in [5.74, 6) is 0.132. The van der Waals surface area contributed by atoms with Crippen molar-refractivity contribution in [1.82, 2.24) is 10.2 Å². The Kier molecular flexibility index (Phi) is 7.29. The number of hydrogen-bond donors (Lipinski definition) is 1. The molecule has 1 aliphatic rings. The van der Waals surface area contributed by atoms with Crippen LogP contribution in [0.2, 0.25) is 0 Å². The highest BCUT2D eigenvalue weighted by Crippen LogP contribution is 2.51. The van der Waals surface area contributed by atoms with Crippen LogP contribution < -0.4 is 5.32 Å². The predicted molar refractivity (Wildman–Crippen MR) is 137 cm³/mol. The Morgan fingerprint density at radius 1 is 0.848 bits per heavy atom. The average molecular weight is 441 g/mol. The second-order valence-corrected chi connectivity index (χ2v) is 9.36. The van der Waals surface area contributed by atoms with Crippen LogP contribution in [-0.2, 0) is 16.8 Å². The monoisotopic (exact) mass is 440 g/mol. The Hall–Kier alpha value is -2.91. The number of hydrogen-bond acceptors (Lipinski definition) is 2. The van der Waals surface area contributed by atoms with Gasteiger partial charge in [-0.05, 0) is 68.0 Å². The molecule has 0 saturated heterocycles. The lowest BCUT2D eigenvalue weighted by Gasteiger charge is -2.32. The molecule has 0 unspecified atom stereocenters. The number of carbonyl (C=O) groups excluding carboxylic acids is 1. The maximum absolute atomic E-state index is 13.6. The zero-order chi connectivity index (χ0) is 23.3. The van der Waals surface area contributed by atoms with Crippen LogP contribution in [0.1, 0.15) is 56.7 Å². The van der Waals surface area contributed by atoms with Crippen LogP contribution in [0.4, 0.5) is 0 Å². The second-order valence-electron chi connectivity index (χ2n) is 9.36. The summed E-state index contributed by atoms with van der Waals surface area (Å²) in [6.07, 6.45) is 2.89. The molecule has 1 aliphatic carbocycles. The van der Waals surface area contributed by atoms with E-state index in [2.05, 4.69) is 103 Å². The highest BCUT2D eigenvalue weighted by Gasteiger charge is 2.48. The van der Waals surface area contributed by atoms with Crippen LogP contribution in [0.15, 0.2) is 78.9 Å². The van der Waals surface area contributed by atoms with Gasteiger partial charge in [-0.3, -0.25) is 9.69 Å². The SMILES string of the molecule is CCNC(=O)C1(CCCCN(Cc2ccccc2)C(C)C)c2ccccc2-c2ccccc21. The van der Waals surface area contributed by atoms with Crippen LogP contribution in [-0.4, -0.2) is 29.9 Å². The van der Waals surface area contributed by atoms with Gasteiger partial charge in [-0.2, -0.15) is 0 Å². The number of benzene rings is 3. The zero-order valence-corrected chi connectivity index (χ0v) is 20.2. The van der Waals surface area contributed by atoms with E-state index in [0.717, 1.165) is 43.5 Å². The normalized spacial score (nSPS) is 13.7. The third kappa shape index (κ3) is 4.60. The van der Waals surface area contributed by atoms with Gasteiger partial charge in [-0.1, -0.05) is 85.3 Å². The summed E-state index contributed by atoms with van der Waals surface area (Å²) in [5.41, 5.74) is 5.46. The first-order valence-electron chi connectivity index (χ1n) is 12.3.